The van der Waals surface area contributed by atoms with Gasteiger partial charge in [-0.3, -0.25) is 0 Å². The SMILES string of the molecule is C=C1C(=O)O[C@@H]2/C=C(\C)CCC=C(C(=O)OC)[C@H](O)[C@@H](OC(=O)/C(C)=C\C)[C@@H]12. The minimum atomic E-state index is -1.51. The average molecular weight is 390 g/mol. The van der Waals surface area contributed by atoms with Gasteiger partial charge in [0.1, 0.15) is 18.3 Å². The molecule has 2 rings (SSSR count). The molecule has 2 aliphatic rings. The fraction of sp³-hybridized carbons (Fsp3) is 0.476. The van der Waals surface area contributed by atoms with Crippen LogP contribution in [0.5, 0.6) is 0 Å². The van der Waals surface area contributed by atoms with Crippen LogP contribution in [-0.4, -0.2) is 48.4 Å². The van der Waals surface area contributed by atoms with Crippen LogP contribution in [0.3, 0.4) is 0 Å². The van der Waals surface area contributed by atoms with Crippen LogP contribution in [-0.2, 0) is 28.6 Å². The highest BCUT2D eigenvalue weighted by Gasteiger charge is 2.48. The molecule has 0 saturated carbocycles. The molecule has 0 radical (unpaired) electrons. The van der Waals surface area contributed by atoms with E-state index < -0.39 is 42.1 Å². The number of aliphatic hydroxyl groups excluding tert-OH is 1. The lowest BCUT2D eigenvalue weighted by atomic mass is 9.83. The number of hydrogen-bond acceptors (Lipinski definition) is 7. The number of allylic oxidation sites excluding steroid dienone is 3. The van der Waals surface area contributed by atoms with Crippen LogP contribution in [0.25, 0.3) is 0 Å². The van der Waals surface area contributed by atoms with E-state index in [2.05, 4.69) is 6.58 Å². The molecule has 1 N–H and O–H groups in total. The van der Waals surface area contributed by atoms with Crippen LogP contribution >= 0.6 is 0 Å². The maximum absolute atomic E-state index is 12.4. The van der Waals surface area contributed by atoms with Gasteiger partial charge < -0.3 is 19.3 Å². The largest absolute Gasteiger partial charge is 0.466 e. The number of carbonyl (C=O) groups excluding carboxylic acids is 3. The highest BCUT2D eigenvalue weighted by molar-refractivity contribution is 5.93. The number of carbonyl (C=O) groups is 3. The molecule has 0 amide bonds. The van der Waals surface area contributed by atoms with Crippen LogP contribution in [0.1, 0.15) is 33.6 Å². The minimum Gasteiger partial charge on any atom is -0.466 e. The summed E-state index contributed by atoms with van der Waals surface area (Å²) in [6.45, 7) is 8.88. The molecule has 7 nitrogen and oxygen atoms in total. The summed E-state index contributed by atoms with van der Waals surface area (Å²) in [6.07, 6.45) is 2.46. The van der Waals surface area contributed by atoms with Gasteiger partial charge in [0.2, 0.25) is 0 Å². The standard InChI is InChI=1S/C21H26O7/c1-6-12(3)19(23)28-18-16-13(4)20(24)27-15(16)10-11(2)8-7-9-14(17(18)22)21(25)26-5/h6,9-10,15-18,22H,4,7-8H2,1-3,5H3/b11-10+,12-6-,14-9?/t15-,16+,17+,18+/m1/s1. The highest BCUT2D eigenvalue weighted by atomic mass is 16.6. The first-order valence-corrected chi connectivity index (χ1v) is 9.08. The zero-order valence-corrected chi connectivity index (χ0v) is 16.6. The zero-order chi connectivity index (χ0) is 21.0. The predicted molar refractivity (Wildman–Crippen MR) is 101 cm³/mol. The molecule has 1 aliphatic heterocycles. The van der Waals surface area contributed by atoms with Crippen molar-refractivity contribution in [2.75, 3.05) is 7.11 Å². The van der Waals surface area contributed by atoms with Gasteiger partial charge in [-0.1, -0.05) is 24.3 Å². The van der Waals surface area contributed by atoms with Crippen LogP contribution in [0, 0.1) is 5.92 Å². The third kappa shape index (κ3) is 4.42. The second kappa shape index (κ2) is 9.01. The molecule has 1 saturated heterocycles. The van der Waals surface area contributed by atoms with Crippen molar-refractivity contribution in [1.82, 2.24) is 0 Å². The summed E-state index contributed by atoms with van der Waals surface area (Å²) in [7, 11) is 1.20. The van der Waals surface area contributed by atoms with E-state index in [0.29, 0.717) is 18.4 Å². The first kappa shape index (κ1) is 21.6. The average Bonchev–Trinajstić information content (AvgIpc) is 2.94. The molecule has 1 fully saturated rings. The molecular weight excluding hydrogens is 364 g/mol. The minimum absolute atomic E-state index is 0.0287. The topological polar surface area (TPSA) is 99.1 Å². The summed E-state index contributed by atoms with van der Waals surface area (Å²) in [5.41, 5.74) is 1.31. The van der Waals surface area contributed by atoms with Gasteiger partial charge in [-0.2, -0.15) is 0 Å². The number of ether oxygens (including phenoxy) is 3. The third-order valence-electron chi connectivity index (χ3n) is 5.02. The lowest BCUT2D eigenvalue weighted by Crippen LogP contribution is -2.44. The summed E-state index contributed by atoms with van der Waals surface area (Å²) < 4.78 is 15.7. The van der Waals surface area contributed by atoms with Crippen molar-refractivity contribution < 1.29 is 33.7 Å². The van der Waals surface area contributed by atoms with Crippen molar-refractivity contribution in [3.05, 3.63) is 47.1 Å². The summed E-state index contributed by atoms with van der Waals surface area (Å²) in [5, 5.41) is 11.0. The van der Waals surface area contributed by atoms with Crippen LogP contribution in [0.15, 0.2) is 47.1 Å². The van der Waals surface area contributed by atoms with E-state index in [-0.39, 0.29) is 11.1 Å². The third-order valence-corrected chi connectivity index (χ3v) is 5.02. The predicted octanol–water partition coefficient (Wildman–Crippen LogP) is 2.16. The van der Waals surface area contributed by atoms with E-state index in [4.69, 9.17) is 14.2 Å². The fourth-order valence-electron chi connectivity index (χ4n) is 3.24. The zero-order valence-electron chi connectivity index (χ0n) is 16.6. The van der Waals surface area contributed by atoms with Gasteiger partial charge in [0, 0.05) is 11.1 Å². The molecule has 152 valence electrons. The van der Waals surface area contributed by atoms with Crippen molar-refractivity contribution in [3.63, 3.8) is 0 Å². The molecule has 0 bridgehead atoms. The summed E-state index contributed by atoms with van der Waals surface area (Å²) in [4.78, 5) is 36.8. The fourth-order valence-corrected chi connectivity index (χ4v) is 3.24. The second-order valence-electron chi connectivity index (χ2n) is 6.91. The molecule has 0 aromatic carbocycles. The van der Waals surface area contributed by atoms with Gasteiger partial charge in [-0.25, -0.2) is 14.4 Å². The summed E-state index contributed by atoms with van der Waals surface area (Å²) in [6, 6.07) is 0. The number of aliphatic hydroxyl groups is 1. The van der Waals surface area contributed by atoms with E-state index in [1.54, 1.807) is 32.1 Å². The lowest BCUT2D eigenvalue weighted by Gasteiger charge is -2.31. The van der Waals surface area contributed by atoms with Gasteiger partial charge in [0.15, 0.2) is 0 Å². The van der Waals surface area contributed by atoms with E-state index in [9.17, 15) is 19.5 Å². The maximum Gasteiger partial charge on any atom is 0.336 e. The molecule has 0 aromatic rings. The first-order valence-electron chi connectivity index (χ1n) is 9.08. The smallest absolute Gasteiger partial charge is 0.336 e. The molecule has 28 heavy (non-hydrogen) atoms. The van der Waals surface area contributed by atoms with Crippen molar-refractivity contribution >= 4 is 17.9 Å². The van der Waals surface area contributed by atoms with Gasteiger partial charge in [-0.15, -0.1) is 0 Å². The first-order chi connectivity index (χ1) is 13.2. The Morgan fingerprint density at radius 2 is 2.07 bits per heavy atom. The number of methoxy groups -OCH3 is 1. The Labute approximate surface area is 164 Å². The maximum atomic E-state index is 12.4. The Morgan fingerprint density at radius 1 is 1.39 bits per heavy atom. The van der Waals surface area contributed by atoms with Crippen molar-refractivity contribution in [1.29, 1.82) is 0 Å². The highest BCUT2D eigenvalue weighted by Crippen LogP contribution is 2.37. The van der Waals surface area contributed by atoms with Gasteiger partial charge in [0.25, 0.3) is 0 Å². The Hall–Kier alpha value is -2.67. The Bertz CT molecular complexity index is 772. The molecule has 0 aromatic heterocycles. The normalized spacial score (nSPS) is 30.4. The molecule has 4 atom stereocenters. The molecule has 1 heterocycles. The Morgan fingerprint density at radius 3 is 2.68 bits per heavy atom. The Balaban J connectivity index is 2.57. The van der Waals surface area contributed by atoms with Crippen LogP contribution < -0.4 is 0 Å². The van der Waals surface area contributed by atoms with Gasteiger partial charge in [0.05, 0.1) is 18.6 Å². The number of esters is 3. The van der Waals surface area contributed by atoms with E-state index in [0.717, 1.165) is 5.57 Å². The number of hydrogen-bond donors (Lipinski definition) is 1. The van der Waals surface area contributed by atoms with E-state index >= 15 is 0 Å². The van der Waals surface area contributed by atoms with Crippen molar-refractivity contribution in [2.24, 2.45) is 5.92 Å². The Kier molecular flexibility index (Phi) is 6.96. The summed E-state index contributed by atoms with van der Waals surface area (Å²) in [5.74, 6) is -2.86. The van der Waals surface area contributed by atoms with Crippen molar-refractivity contribution in [2.45, 2.75) is 51.9 Å². The molecule has 0 spiro atoms. The lowest BCUT2D eigenvalue weighted by molar-refractivity contribution is -0.155. The quantitative estimate of drug-likeness (QED) is 0.341. The van der Waals surface area contributed by atoms with E-state index in [1.165, 1.54) is 7.11 Å². The number of rotatable bonds is 3. The monoisotopic (exact) mass is 390 g/mol. The molecule has 7 heteroatoms. The van der Waals surface area contributed by atoms with Crippen LogP contribution in [0.2, 0.25) is 0 Å². The van der Waals surface area contributed by atoms with Gasteiger partial charge >= 0.3 is 17.9 Å². The van der Waals surface area contributed by atoms with E-state index in [1.807, 2.05) is 6.92 Å². The number of fused-ring (bicyclic) bond motifs is 1. The molecule has 0 unspecified atom stereocenters. The molecule has 1 aliphatic carbocycles. The van der Waals surface area contributed by atoms with Crippen molar-refractivity contribution in [3.8, 4) is 0 Å². The second-order valence-corrected chi connectivity index (χ2v) is 6.91. The van der Waals surface area contributed by atoms with Crippen LogP contribution in [0.4, 0.5) is 0 Å². The van der Waals surface area contributed by atoms with Gasteiger partial charge in [-0.05, 0) is 39.7 Å². The molecular formula is C21H26O7. The summed E-state index contributed by atoms with van der Waals surface area (Å²) >= 11 is 0.